The molecule has 0 saturated carbocycles. The highest BCUT2D eigenvalue weighted by atomic mass is 16.5. The predicted octanol–water partition coefficient (Wildman–Crippen LogP) is 2.32. The molecule has 1 N–H and O–H groups in total. The Bertz CT molecular complexity index is 924. The van der Waals surface area contributed by atoms with Gasteiger partial charge in [0.15, 0.2) is 0 Å². The number of nitrogens with one attached hydrogen (secondary N) is 1. The molecule has 0 bridgehead atoms. The second-order valence-electron chi connectivity index (χ2n) is 6.34. The number of carbonyl (C=O) groups is 1. The van der Waals surface area contributed by atoms with E-state index in [0.717, 1.165) is 26.2 Å². The van der Waals surface area contributed by atoms with Crippen molar-refractivity contribution < 1.29 is 14.1 Å². The van der Waals surface area contributed by atoms with Crippen LogP contribution in [0.2, 0.25) is 0 Å². The van der Waals surface area contributed by atoms with Crippen LogP contribution in [-0.2, 0) is 11.3 Å². The van der Waals surface area contributed by atoms with Crippen molar-refractivity contribution in [2.24, 2.45) is 5.92 Å². The molecule has 1 atom stereocenters. The second kappa shape index (κ2) is 6.29. The third-order valence-corrected chi connectivity index (χ3v) is 4.40. The molecule has 0 spiro atoms. The minimum absolute atomic E-state index is 0.230. The van der Waals surface area contributed by atoms with Gasteiger partial charge in [-0.3, -0.25) is 4.79 Å². The Kier molecular flexibility index (Phi) is 3.96. The SMILES string of the molecule is Cc1cc(C(=O)Nc2ccnn2C[C@H]2CCOC2)c2c(C)noc2n1. The van der Waals surface area contributed by atoms with Crippen molar-refractivity contribution in [3.63, 3.8) is 0 Å². The predicted molar refractivity (Wildman–Crippen MR) is 90.4 cm³/mol. The van der Waals surface area contributed by atoms with Gasteiger partial charge in [-0.1, -0.05) is 5.16 Å². The van der Waals surface area contributed by atoms with Crippen LogP contribution in [0.3, 0.4) is 0 Å². The summed E-state index contributed by atoms with van der Waals surface area (Å²) < 4.78 is 12.4. The summed E-state index contributed by atoms with van der Waals surface area (Å²) in [7, 11) is 0. The lowest BCUT2D eigenvalue weighted by Crippen LogP contribution is -2.19. The molecule has 4 rings (SSSR count). The number of carbonyl (C=O) groups excluding carboxylic acids is 1. The van der Waals surface area contributed by atoms with Crippen LogP contribution in [0.4, 0.5) is 5.82 Å². The van der Waals surface area contributed by atoms with Crippen LogP contribution in [0.15, 0.2) is 22.9 Å². The number of hydrogen-bond donors (Lipinski definition) is 1. The number of ether oxygens (including phenoxy) is 1. The van der Waals surface area contributed by atoms with E-state index in [9.17, 15) is 4.79 Å². The first-order valence-corrected chi connectivity index (χ1v) is 8.26. The van der Waals surface area contributed by atoms with Gasteiger partial charge in [-0.15, -0.1) is 0 Å². The first kappa shape index (κ1) is 15.8. The van der Waals surface area contributed by atoms with Crippen LogP contribution in [0.25, 0.3) is 11.1 Å². The number of fused-ring (bicyclic) bond motifs is 1. The molecular formula is C17H19N5O3. The van der Waals surface area contributed by atoms with Gasteiger partial charge in [0.05, 0.1) is 29.4 Å². The summed E-state index contributed by atoms with van der Waals surface area (Å²) in [5.41, 5.74) is 2.21. The number of nitrogens with zero attached hydrogens (tertiary/aromatic N) is 4. The Morgan fingerprint density at radius 1 is 1.44 bits per heavy atom. The van der Waals surface area contributed by atoms with Gasteiger partial charge in [0.2, 0.25) is 0 Å². The van der Waals surface area contributed by atoms with Gasteiger partial charge in [0.25, 0.3) is 11.6 Å². The Labute approximate surface area is 144 Å². The van der Waals surface area contributed by atoms with Crippen molar-refractivity contribution in [2.45, 2.75) is 26.8 Å². The fourth-order valence-corrected chi connectivity index (χ4v) is 3.14. The van der Waals surface area contributed by atoms with E-state index < -0.39 is 0 Å². The molecule has 1 saturated heterocycles. The van der Waals surface area contributed by atoms with Gasteiger partial charge in [-0.05, 0) is 26.3 Å². The van der Waals surface area contributed by atoms with Gasteiger partial charge >= 0.3 is 0 Å². The van der Waals surface area contributed by atoms with E-state index in [-0.39, 0.29) is 5.91 Å². The number of aryl methyl sites for hydroxylation is 2. The molecule has 0 aromatic carbocycles. The van der Waals surface area contributed by atoms with Crippen molar-refractivity contribution in [1.29, 1.82) is 0 Å². The molecule has 1 amide bonds. The Morgan fingerprint density at radius 2 is 2.32 bits per heavy atom. The zero-order valence-corrected chi connectivity index (χ0v) is 14.2. The average Bonchev–Trinajstić information content (AvgIpc) is 3.31. The van der Waals surface area contributed by atoms with Crippen molar-refractivity contribution >= 4 is 22.8 Å². The Morgan fingerprint density at radius 3 is 3.12 bits per heavy atom. The number of rotatable bonds is 4. The molecular weight excluding hydrogens is 322 g/mol. The van der Waals surface area contributed by atoms with Crippen LogP contribution in [0.5, 0.6) is 0 Å². The molecule has 25 heavy (non-hydrogen) atoms. The normalized spacial score (nSPS) is 17.3. The molecule has 3 aromatic rings. The van der Waals surface area contributed by atoms with Gasteiger partial charge < -0.3 is 14.6 Å². The van der Waals surface area contributed by atoms with Crippen molar-refractivity contribution in [1.82, 2.24) is 19.9 Å². The zero-order chi connectivity index (χ0) is 17.4. The van der Waals surface area contributed by atoms with Crippen LogP contribution in [0, 0.1) is 19.8 Å². The lowest BCUT2D eigenvalue weighted by Gasteiger charge is -2.12. The van der Waals surface area contributed by atoms with Gasteiger partial charge in [-0.2, -0.15) is 5.10 Å². The minimum Gasteiger partial charge on any atom is -0.381 e. The molecule has 130 valence electrons. The number of hydrogen-bond acceptors (Lipinski definition) is 6. The Balaban J connectivity index is 1.61. The fourth-order valence-electron chi connectivity index (χ4n) is 3.14. The number of aromatic nitrogens is 4. The third kappa shape index (κ3) is 3.00. The van der Waals surface area contributed by atoms with Gasteiger partial charge in [-0.25, -0.2) is 9.67 Å². The largest absolute Gasteiger partial charge is 0.381 e. The molecule has 1 aliphatic rings. The van der Waals surface area contributed by atoms with Crippen LogP contribution < -0.4 is 5.32 Å². The summed E-state index contributed by atoms with van der Waals surface area (Å²) in [4.78, 5) is 17.1. The van der Waals surface area contributed by atoms with E-state index in [2.05, 4.69) is 20.6 Å². The lowest BCUT2D eigenvalue weighted by atomic mass is 10.1. The topological polar surface area (TPSA) is 95.1 Å². The molecule has 8 heteroatoms. The monoisotopic (exact) mass is 341 g/mol. The molecule has 3 aromatic heterocycles. The highest BCUT2D eigenvalue weighted by Gasteiger charge is 2.21. The van der Waals surface area contributed by atoms with Crippen molar-refractivity contribution in [3.8, 4) is 0 Å². The van der Waals surface area contributed by atoms with Crippen LogP contribution in [-0.4, -0.2) is 39.0 Å². The molecule has 1 fully saturated rings. The molecule has 4 heterocycles. The molecule has 0 radical (unpaired) electrons. The average molecular weight is 341 g/mol. The zero-order valence-electron chi connectivity index (χ0n) is 14.2. The first-order valence-electron chi connectivity index (χ1n) is 8.26. The third-order valence-electron chi connectivity index (χ3n) is 4.40. The Hall–Kier alpha value is -2.74. The second-order valence-corrected chi connectivity index (χ2v) is 6.34. The minimum atomic E-state index is -0.230. The van der Waals surface area contributed by atoms with E-state index in [4.69, 9.17) is 9.26 Å². The first-order chi connectivity index (χ1) is 12.1. The summed E-state index contributed by atoms with van der Waals surface area (Å²) in [5.74, 6) is 0.852. The highest BCUT2D eigenvalue weighted by molar-refractivity contribution is 6.12. The standard InChI is InChI=1S/C17H19N5O3/c1-10-7-13(15-11(2)21-25-17(15)19-10)16(23)20-14-3-5-18-22(14)8-12-4-6-24-9-12/h3,5,7,12H,4,6,8-9H2,1-2H3,(H,20,23)/t12-/m1/s1. The van der Waals surface area contributed by atoms with Crippen molar-refractivity contribution in [2.75, 3.05) is 18.5 Å². The molecule has 0 unspecified atom stereocenters. The van der Waals surface area contributed by atoms with E-state index in [1.165, 1.54) is 0 Å². The number of amides is 1. The van der Waals surface area contributed by atoms with E-state index in [1.807, 2.05) is 11.6 Å². The summed E-state index contributed by atoms with van der Waals surface area (Å²) in [6, 6.07) is 3.53. The fraction of sp³-hybridized carbons (Fsp3) is 0.412. The molecule has 0 aliphatic carbocycles. The molecule has 8 nitrogen and oxygen atoms in total. The van der Waals surface area contributed by atoms with E-state index in [1.54, 1.807) is 25.3 Å². The molecule has 1 aliphatic heterocycles. The quantitative estimate of drug-likeness (QED) is 0.782. The summed E-state index contributed by atoms with van der Waals surface area (Å²) in [6.45, 7) is 5.86. The smallest absolute Gasteiger partial charge is 0.258 e. The van der Waals surface area contributed by atoms with Crippen LogP contribution >= 0.6 is 0 Å². The summed E-state index contributed by atoms with van der Waals surface area (Å²) in [5, 5.41) is 11.8. The lowest BCUT2D eigenvalue weighted by molar-refractivity contribution is 0.102. The summed E-state index contributed by atoms with van der Waals surface area (Å²) in [6.07, 6.45) is 2.70. The maximum atomic E-state index is 12.8. The number of anilines is 1. The van der Waals surface area contributed by atoms with E-state index in [0.29, 0.717) is 39.8 Å². The maximum Gasteiger partial charge on any atom is 0.258 e. The maximum absolute atomic E-state index is 12.8. The van der Waals surface area contributed by atoms with Gasteiger partial charge in [0.1, 0.15) is 5.82 Å². The van der Waals surface area contributed by atoms with Crippen molar-refractivity contribution in [3.05, 3.63) is 35.3 Å². The van der Waals surface area contributed by atoms with Gasteiger partial charge in [0, 0.05) is 30.8 Å². The van der Waals surface area contributed by atoms with E-state index >= 15 is 0 Å². The number of pyridine rings is 1. The highest BCUT2D eigenvalue weighted by Crippen LogP contribution is 2.23. The van der Waals surface area contributed by atoms with Crippen LogP contribution in [0.1, 0.15) is 28.2 Å². The summed E-state index contributed by atoms with van der Waals surface area (Å²) >= 11 is 0.